The second kappa shape index (κ2) is 6.23. The van der Waals surface area contributed by atoms with Crippen LogP contribution < -0.4 is 0 Å². The number of Topliss-reactive ketones (excluding diaryl/α,β-unsaturated/α-hetero) is 1. The Labute approximate surface area is 96.6 Å². The van der Waals surface area contributed by atoms with Crippen LogP contribution in [0.5, 0.6) is 0 Å². The molecule has 0 radical (unpaired) electrons. The quantitative estimate of drug-likeness (QED) is 0.745. The van der Waals surface area contributed by atoms with Crippen molar-refractivity contribution >= 4 is 5.78 Å². The highest BCUT2D eigenvalue weighted by molar-refractivity contribution is 5.92. The molecule has 2 heteroatoms. The molecule has 0 saturated heterocycles. The van der Waals surface area contributed by atoms with Gasteiger partial charge in [0.05, 0.1) is 6.10 Å². The third-order valence-corrected chi connectivity index (χ3v) is 2.59. The lowest BCUT2D eigenvalue weighted by Crippen LogP contribution is -2.11. The Morgan fingerprint density at radius 3 is 2.56 bits per heavy atom. The highest BCUT2D eigenvalue weighted by atomic mass is 16.3. The minimum Gasteiger partial charge on any atom is -0.393 e. The molecular formula is C14H18O2. The van der Waals surface area contributed by atoms with E-state index in [0.29, 0.717) is 18.4 Å². The van der Waals surface area contributed by atoms with Gasteiger partial charge in [0.1, 0.15) is 0 Å². The number of carbonyl (C=O) groups is 1. The van der Waals surface area contributed by atoms with Crippen molar-refractivity contribution in [2.24, 2.45) is 0 Å². The summed E-state index contributed by atoms with van der Waals surface area (Å²) in [4.78, 5) is 10.9. The molecular weight excluding hydrogens is 200 g/mol. The van der Waals surface area contributed by atoms with Crippen molar-refractivity contribution < 1.29 is 9.90 Å². The van der Waals surface area contributed by atoms with Gasteiger partial charge in [0, 0.05) is 6.42 Å². The van der Waals surface area contributed by atoms with Crippen LogP contribution in [0.15, 0.2) is 42.5 Å². The number of aliphatic hydroxyl groups excluding tert-OH is 1. The van der Waals surface area contributed by atoms with Gasteiger partial charge in [-0.25, -0.2) is 0 Å². The van der Waals surface area contributed by atoms with Crippen LogP contribution in [0.3, 0.4) is 0 Å². The zero-order valence-electron chi connectivity index (χ0n) is 9.65. The van der Waals surface area contributed by atoms with Crippen LogP contribution in [-0.4, -0.2) is 17.0 Å². The van der Waals surface area contributed by atoms with Gasteiger partial charge in [-0.1, -0.05) is 36.9 Å². The van der Waals surface area contributed by atoms with Crippen LogP contribution in [0.1, 0.15) is 25.3 Å². The molecule has 16 heavy (non-hydrogen) atoms. The molecule has 0 aliphatic heterocycles. The normalized spacial score (nSPS) is 12.1. The molecule has 2 nitrogen and oxygen atoms in total. The lowest BCUT2D eigenvalue weighted by atomic mass is 10.0. The number of aryl methyl sites for hydroxylation is 1. The number of benzene rings is 1. The Bertz CT molecular complexity index is 354. The van der Waals surface area contributed by atoms with E-state index >= 15 is 0 Å². The predicted octanol–water partition coefficient (Wildman–Crippen LogP) is 2.52. The molecule has 0 bridgehead atoms. The zero-order valence-corrected chi connectivity index (χ0v) is 9.65. The number of ketones is 1. The summed E-state index contributed by atoms with van der Waals surface area (Å²) in [5, 5.41) is 9.72. The van der Waals surface area contributed by atoms with E-state index in [-0.39, 0.29) is 5.78 Å². The monoisotopic (exact) mass is 218 g/mol. The van der Waals surface area contributed by atoms with Crippen molar-refractivity contribution in [2.75, 3.05) is 0 Å². The summed E-state index contributed by atoms with van der Waals surface area (Å²) in [5.74, 6) is -0.0428. The van der Waals surface area contributed by atoms with Crippen molar-refractivity contribution in [1.29, 1.82) is 0 Å². The lowest BCUT2D eigenvalue weighted by molar-refractivity contribution is -0.114. The Hall–Kier alpha value is -1.41. The maximum absolute atomic E-state index is 10.9. The van der Waals surface area contributed by atoms with E-state index < -0.39 is 6.10 Å². The molecule has 0 spiro atoms. The molecule has 1 unspecified atom stereocenters. The molecule has 1 atom stereocenters. The summed E-state index contributed by atoms with van der Waals surface area (Å²) >= 11 is 0. The SMILES string of the molecule is C=C(CC(O)CCc1ccccc1)C(C)=O. The summed E-state index contributed by atoms with van der Waals surface area (Å²) in [6.45, 7) is 5.12. The van der Waals surface area contributed by atoms with Gasteiger partial charge >= 0.3 is 0 Å². The van der Waals surface area contributed by atoms with E-state index in [1.165, 1.54) is 12.5 Å². The fourth-order valence-corrected chi connectivity index (χ4v) is 1.51. The Morgan fingerprint density at radius 2 is 2.00 bits per heavy atom. The first-order valence-corrected chi connectivity index (χ1v) is 5.50. The standard InChI is InChI=1S/C14H18O2/c1-11(12(2)15)10-14(16)9-8-13-6-4-3-5-7-13/h3-7,14,16H,1,8-10H2,2H3. The fourth-order valence-electron chi connectivity index (χ4n) is 1.51. The van der Waals surface area contributed by atoms with Crippen molar-refractivity contribution in [3.8, 4) is 0 Å². The summed E-state index contributed by atoms with van der Waals surface area (Å²) < 4.78 is 0. The first kappa shape index (κ1) is 12.7. The van der Waals surface area contributed by atoms with Crippen molar-refractivity contribution in [3.05, 3.63) is 48.0 Å². The van der Waals surface area contributed by atoms with Crippen molar-refractivity contribution in [2.45, 2.75) is 32.3 Å². The van der Waals surface area contributed by atoms with Gasteiger partial charge in [-0.3, -0.25) is 4.79 Å². The third kappa shape index (κ3) is 4.41. The maximum Gasteiger partial charge on any atom is 0.155 e. The van der Waals surface area contributed by atoms with Crippen LogP contribution >= 0.6 is 0 Å². The second-order valence-electron chi connectivity index (χ2n) is 4.04. The molecule has 1 rings (SSSR count). The number of hydrogen-bond donors (Lipinski definition) is 1. The first-order chi connectivity index (χ1) is 7.59. The number of hydrogen-bond acceptors (Lipinski definition) is 2. The molecule has 86 valence electrons. The fraction of sp³-hybridized carbons (Fsp3) is 0.357. The Balaban J connectivity index is 2.33. The van der Waals surface area contributed by atoms with Gasteiger partial charge in [0.2, 0.25) is 0 Å². The summed E-state index contributed by atoms with van der Waals surface area (Å²) in [6, 6.07) is 10.0. The molecule has 1 N–H and O–H groups in total. The van der Waals surface area contributed by atoms with Gasteiger partial charge in [-0.2, -0.15) is 0 Å². The van der Waals surface area contributed by atoms with Gasteiger partial charge in [-0.05, 0) is 30.9 Å². The minimum absolute atomic E-state index is 0.0428. The third-order valence-electron chi connectivity index (χ3n) is 2.59. The summed E-state index contributed by atoms with van der Waals surface area (Å²) in [6.07, 6.45) is 1.39. The summed E-state index contributed by atoms with van der Waals surface area (Å²) in [5.41, 5.74) is 1.70. The molecule has 1 aromatic rings. The molecule has 0 aliphatic carbocycles. The molecule has 1 aromatic carbocycles. The maximum atomic E-state index is 10.9. The number of rotatable bonds is 6. The van der Waals surface area contributed by atoms with Crippen LogP contribution in [0, 0.1) is 0 Å². The number of carbonyl (C=O) groups excluding carboxylic acids is 1. The first-order valence-electron chi connectivity index (χ1n) is 5.50. The van der Waals surface area contributed by atoms with Crippen LogP contribution in [0.25, 0.3) is 0 Å². The van der Waals surface area contributed by atoms with Crippen molar-refractivity contribution in [3.63, 3.8) is 0 Å². The molecule has 0 aromatic heterocycles. The zero-order chi connectivity index (χ0) is 12.0. The van der Waals surface area contributed by atoms with E-state index in [0.717, 1.165) is 6.42 Å². The highest BCUT2D eigenvalue weighted by Gasteiger charge is 2.09. The molecule has 0 saturated carbocycles. The largest absolute Gasteiger partial charge is 0.393 e. The van der Waals surface area contributed by atoms with E-state index in [9.17, 15) is 9.90 Å². The van der Waals surface area contributed by atoms with Crippen LogP contribution in [-0.2, 0) is 11.2 Å². The van der Waals surface area contributed by atoms with Gasteiger partial charge in [-0.15, -0.1) is 0 Å². The molecule has 0 aliphatic rings. The van der Waals surface area contributed by atoms with Gasteiger partial charge in [0.25, 0.3) is 0 Å². The lowest BCUT2D eigenvalue weighted by Gasteiger charge is -2.10. The van der Waals surface area contributed by atoms with E-state index in [1.807, 2.05) is 30.3 Å². The molecule has 0 heterocycles. The highest BCUT2D eigenvalue weighted by Crippen LogP contribution is 2.11. The van der Waals surface area contributed by atoms with Crippen LogP contribution in [0.2, 0.25) is 0 Å². The smallest absolute Gasteiger partial charge is 0.155 e. The van der Waals surface area contributed by atoms with Gasteiger partial charge < -0.3 is 5.11 Å². The second-order valence-corrected chi connectivity index (χ2v) is 4.04. The topological polar surface area (TPSA) is 37.3 Å². The molecule has 0 amide bonds. The minimum atomic E-state index is -0.475. The summed E-state index contributed by atoms with van der Waals surface area (Å²) in [7, 11) is 0. The molecule has 0 fully saturated rings. The van der Waals surface area contributed by atoms with E-state index in [1.54, 1.807) is 0 Å². The van der Waals surface area contributed by atoms with Gasteiger partial charge in [0.15, 0.2) is 5.78 Å². The predicted molar refractivity (Wildman–Crippen MR) is 65.2 cm³/mol. The average Bonchev–Trinajstić information content (AvgIpc) is 2.27. The average molecular weight is 218 g/mol. The van der Waals surface area contributed by atoms with Crippen LogP contribution in [0.4, 0.5) is 0 Å². The number of aliphatic hydroxyl groups is 1. The van der Waals surface area contributed by atoms with E-state index in [2.05, 4.69) is 6.58 Å². The van der Waals surface area contributed by atoms with Crippen molar-refractivity contribution in [1.82, 2.24) is 0 Å². The Morgan fingerprint density at radius 1 is 1.38 bits per heavy atom. The van der Waals surface area contributed by atoms with E-state index in [4.69, 9.17) is 0 Å². The Kier molecular flexibility index (Phi) is 4.93.